The minimum atomic E-state index is 0.635. The Kier molecular flexibility index (Phi) is 36.0. The number of rotatable bonds is 12. The van der Waals surface area contributed by atoms with Gasteiger partial charge in [0.15, 0.2) is 23.0 Å². The van der Waals surface area contributed by atoms with Crippen LogP contribution in [-0.2, 0) is 0 Å². The summed E-state index contributed by atoms with van der Waals surface area (Å²) in [7, 11) is 19.6. The third-order valence-corrected chi connectivity index (χ3v) is 12.3. The molecule has 0 aromatic heterocycles. The summed E-state index contributed by atoms with van der Waals surface area (Å²) in [4.78, 5) is 0. The van der Waals surface area contributed by atoms with E-state index >= 15 is 0 Å². The minimum absolute atomic E-state index is 0.635. The molecule has 0 N–H and O–H groups in total. The van der Waals surface area contributed by atoms with E-state index in [4.69, 9.17) is 80.0 Å². The second-order valence-corrected chi connectivity index (χ2v) is 19.0. The Labute approximate surface area is 506 Å². The maximum absolute atomic E-state index is 5.80. The number of hydrogen-bond acceptors (Lipinski definition) is 12. The first kappa shape index (κ1) is 73.0. The largest absolute Gasteiger partial charge is 0.497 e. The second kappa shape index (κ2) is 41.0. The molecule has 0 saturated heterocycles. The molecule has 8 aromatic rings. The quantitative estimate of drug-likeness (QED) is 0.116. The van der Waals surface area contributed by atoms with Gasteiger partial charge in [0.05, 0.1) is 95.4 Å². The maximum atomic E-state index is 5.80. The molecule has 0 amide bonds. The second-order valence-electron chi connectivity index (χ2n) is 18.2. The van der Waals surface area contributed by atoms with Crippen molar-refractivity contribution in [2.24, 2.45) is 0 Å². The lowest BCUT2D eigenvalue weighted by Crippen LogP contribution is -1.95. The fourth-order valence-electron chi connectivity index (χ4n) is 6.96. The van der Waals surface area contributed by atoms with Gasteiger partial charge in [0.1, 0.15) is 40.2 Å². The summed E-state index contributed by atoms with van der Waals surface area (Å²) in [5.74, 6) is 9.39. The van der Waals surface area contributed by atoms with Crippen molar-refractivity contribution < 1.29 is 56.8 Å². The lowest BCUT2D eigenvalue weighted by molar-refractivity contribution is 0.324. The van der Waals surface area contributed by atoms with Crippen LogP contribution in [0.3, 0.4) is 0 Å². The lowest BCUT2D eigenvalue weighted by atomic mass is 10.1. The van der Waals surface area contributed by atoms with Gasteiger partial charge in [-0.25, -0.2) is 0 Å². The summed E-state index contributed by atoms with van der Waals surface area (Å²) in [6.07, 6.45) is 0. The van der Waals surface area contributed by atoms with Gasteiger partial charge in [-0.1, -0.05) is 83.4 Å². The van der Waals surface area contributed by atoms with E-state index in [0.29, 0.717) is 27.3 Å². The molecule has 0 spiro atoms. The van der Waals surface area contributed by atoms with Crippen LogP contribution >= 0.6 is 23.2 Å². The third kappa shape index (κ3) is 28.0. The highest BCUT2D eigenvalue weighted by atomic mass is 35.5. The zero-order valence-electron chi connectivity index (χ0n) is 52.6. The standard InChI is InChI=1S/C10H14O3.3C9H12O2.2C8H9ClO.C8H10O.C8H10/c1-7-5-8(11-2)10(13-4)9(6-7)12-3;1-7-4-8(10-2)6-9(5-7)11-3;1-7-6-8(10-2)4-5-9(7)11-3;1-7-4-5-8(10-2)9(6-7)11-3;2*1-6-3-4-8(10-2)7(9)5-6;1-7-3-5-8(9-2)6-4-7;1-7-5-3-4-6-8(7)2/h5-6H,1-4H3;3*4-6H,1-3H3;2*3-5H,1-2H3;3-6H,1-2H3;3-6H,1-2H3. The molecule has 8 rings (SSSR count). The molecule has 8 aromatic carbocycles. The molecule has 0 bridgehead atoms. The Morgan fingerprint density at radius 2 is 0.554 bits per heavy atom. The SMILES string of the molecule is COc1cc(C)cc(OC)c1.COc1cc(C)cc(OC)c1OC.COc1ccc(C)cc1.COc1ccc(C)cc1Cl.COc1ccc(C)cc1Cl.COc1ccc(C)cc1OC.COc1ccc(OC)c(C)c1.Cc1ccccc1C. The van der Waals surface area contributed by atoms with Gasteiger partial charge < -0.3 is 56.8 Å². The highest BCUT2D eigenvalue weighted by Crippen LogP contribution is 2.38. The van der Waals surface area contributed by atoms with Crippen molar-refractivity contribution in [3.8, 4) is 69.0 Å². The molecule has 0 radical (unpaired) electrons. The highest BCUT2D eigenvalue weighted by molar-refractivity contribution is 6.32. The number of methoxy groups -OCH3 is 12. The van der Waals surface area contributed by atoms with Crippen LogP contribution in [0.5, 0.6) is 69.0 Å². The first-order chi connectivity index (χ1) is 39.6. The van der Waals surface area contributed by atoms with Crippen LogP contribution in [0.15, 0.2) is 152 Å². The number of benzene rings is 8. The average Bonchev–Trinajstić information content (AvgIpc) is 3.49. The number of ether oxygens (including phenoxy) is 12. The molecule has 0 aliphatic rings. The predicted molar refractivity (Wildman–Crippen MR) is 343 cm³/mol. The fourth-order valence-corrected chi connectivity index (χ4v) is 7.59. The molecule has 0 fully saturated rings. The smallest absolute Gasteiger partial charge is 0.203 e. The Balaban J connectivity index is 0.000000476. The monoisotopic (exact) mass is 1180 g/mol. The zero-order valence-corrected chi connectivity index (χ0v) is 54.1. The first-order valence-corrected chi connectivity index (χ1v) is 27.0. The van der Waals surface area contributed by atoms with Crippen molar-refractivity contribution in [2.45, 2.75) is 62.3 Å². The number of aryl methyl sites for hydroxylation is 9. The molecular weight excluding hydrogens is 1090 g/mol. The molecule has 12 nitrogen and oxygen atoms in total. The van der Waals surface area contributed by atoms with Gasteiger partial charge in [-0.05, 0) is 198 Å². The Bertz CT molecular complexity index is 2970. The third-order valence-electron chi connectivity index (χ3n) is 11.7. The summed E-state index contributed by atoms with van der Waals surface area (Å²) in [6.45, 7) is 18.3. The van der Waals surface area contributed by atoms with Crippen molar-refractivity contribution in [3.05, 3.63) is 212 Å². The Morgan fingerprint density at radius 3 is 0.904 bits per heavy atom. The van der Waals surface area contributed by atoms with E-state index < -0.39 is 0 Å². The van der Waals surface area contributed by atoms with Gasteiger partial charge in [0.25, 0.3) is 0 Å². The normalized spacial score (nSPS) is 9.39. The van der Waals surface area contributed by atoms with E-state index in [1.807, 2.05) is 169 Å². The van der Waals surface area contributed by atoms with Crippen molar-refractivity contribution in [2.75, 3.05) is 85.3 Å². The predicted octanol–water partition coefficient (Wildman–Crippen LogP) is 17.7. The van der Waals surface area contributed by atoms with Crippen molar-refractivity contribution in [1.82, 2.24) is 0 Å². The Hall–Kier alpha value is -8.06. The van der Waals surface area contributed by atoms with Gasteiger partial charge in [0, 0.05) is 6.07 Å². The van der Waals surface area contributed by atoms with Gasteiger partial charge >= 0.3 is 0 Å². The van der Waals surface area contributed by atoms with Gasteiger partial charge in [-0.15, -0.1) is 0 Å². The van der Waals surface area contributed by atoms with Crippen LogP contribution in [0.2, 0.25) is 10.0 Å². The van der Waals surface area contributed by atoms with Gasteiger partial charge in [-0.2, -0.15) is 0 Å². The molecule has 0 unspecified atom stereocenters. The molecule has 450 valence electrons. The van der Waals surface area contributed by atoms with Gasteiger partial charge in [0.2, 0.25) is 5.75 Å². The average molecular weight is 1180 g/mol. The van der Waals surface area contributed by atoms with E-state index in [1.54, 1.807) is 85.3 Å². The van der Waals surface area contributed by atoms with Crippen LogP contribution in [0.25, 0.3) is 0 Å². The maximum Gasteiger partial charge on any atom is 0.203 e. The molecular formula is C69H88Cl2O12. The number of hydrogen-bond donors (Lipinski definition) is 0. The lowest BCUT2D eigenvalue weighted by Gasteiger charge is -2.12. The van der Waals surface area contributed by atoms with Crippen molar-refractivity contribution in [3.63, 3.8) is 0 Å². The molecule has 14 heteroatoms. The molecule has 0 saturated carbocycles. The number of halogens is 2. The van der Waals surface area contributed by atoms with E-state index in [2.05, 4.69) is 45.0 Å². The van der Waals surface area contributed by atoms with Crippen LogP contribution in [0, 0.1) is 62.3 Å². The van der Waals surface area contributed by atoms with Crippen molar-refractivity contribution in [1.29, 1.82) is 0 Å². The fraction of sp³-hybridized carbons (Fsp3) is 0.304. The topological polar surface area (TPSA) is 111 Å². The summed E-state index contributed by atoms with van der Waals surface area (Å²) in [6, 6.07) is 48.8. The molecule has 83 heavy (non-hydrogen) atoms. The molecule has 0 aliphatic carbocycles. The van der Waals surface area contributed by atoms with E-state index in [9.17, 15) is 0 Å². The zero-order chi connectivity index (χ0) is 62.4. The van der Waals surface area contributed by atoms with Crippen LogP contribution < -0.4 is 56.8 Å². The Morgan fingerprint density at radius 1 is 0.217 bits per heavy atom. The summed E-state index contributed by atoms with van der Waals surface area (Å²) >= 11 is 11.6. The summed E-state index contributed by atoms with van der Waals surface area (Å²) in [5.41, 5.74) is 10.8. The first-order valence-electron chi connectivity index (χ1n) is 26.2. The summed E-state index contributed by atoms with van der Waals surface area (Å²) < 4.78 is 60.8. The molecule has 0 aliphatic heterocycles. The van der Waals surface area contributed by atoms with E-state index in [0.717, 1.165) is 79.6 Å². The van der Waals surface area contributed by atoms with Crippen molar-refractivity contribution >= 4 is 23.2 Å². The van der Waals surface area contributed by atoms with Crippen LogP contribution in [-0.4, -0.2) is 85.3 Å². The van der Waals surface area contributed by atoms with Crippen LogP contribution in [0.1, 0.15) is 50.1 Å². The van der Waals surface area contributed by atoms with Gasteiger partial charge in [-0.3, -0.25) is 0 Å². The van der Waals surface area contributed by atoms with Crippen LogP contribution in [0.4, 0.5) is 0 Å². The highest BCUT2D eigenvalue weighted by Gasteiger charge is 2.11. The molecule has 0 atom stereocenters. The van der Waals surface area contributed by atoms with E-state index in [-0.39, 0.29) is 0 Å². The van der Waals surface area contributed by atoms with E-state index in [1.165, 1.54) is 22.3 Å². The summed E-state index contributed by atoms with van der Waals surface area (Å²) in [5, 5.41) is 1.34. The molecule has 0 heterocycles. The minimum Gasteiger partial charge on any atom is -0.497 e.